The highest BCUT2D eigenvalue weighted by atomic mass is 16.5. The Kier molecular flexibility index (Phi) is 7.96. The number of carbonyl (C=O) groups excluding carboxylic acids is 1. The van der Waals surface area contributed by atoms with E-state index >= 15 is 0 Å². The van der Waals surface area contributed by atoms with E-state index in [-0.39, 0.29) is 12.0 Å². The van der Waals surface area contributed by atoms with E-state index in [4.69, 9.17) is 9.15 Å². The maximum absolute atomic E-state index is 11.6. The molecule has 1 amide bonds. The molecule has 0 saturated heterocycles. The fraction of sp³-hybridized carbons (Fsp3) is 0.381. The zero-order chi connectivity index (χ0) is 18.8. The zero-order valence-corrected chi connectivity index (χ0v) is 15.6. The number of hydrogen-bond acceptors (Lipinski definition) is 4. The predicted octanol–water partition coefficient (Wildman–Crippen LogP) is 3.76. The molecule has 26 heavy (non-hydrogen) atoms. The van der Waals surface area contributed by atoms with Gasteiger partial charge in [-0.15, -0.1) is 6.58 Å². The number of carbonyl (C=O) groups is 1. The zero-order valence-electron chi connectivity index (χ0n) is 15.6. The average Bonchev–Trinajstić information content (AvgIpc) is 3.11. The van der Waals surface area contributed by atoms with Gasteiger partial charge in [-0.05, 0) is 44.2 Å². The van der Waals surface area contributed by atoms with Crippen molar-refractivity contribution in [2.45, 2.75) is 39.0 Å². The molecule has 2 rings (SSSR count). The van der Waals surface area contributed by atoms with Gasteiger partial charge in [0.25, 0.3) is 0 Å². The molecule has 0 unspecified atom stereocenters. The molecule has 0 aliphatic rings. The summed E-state index contributed by atoms with van der Waals surface area (Å²) >= 11 is 0. The summed E-state index contributed by atoms with van der Waals surface area (Å²) in [4.78, 5) is 13.9. The number of benzene rings is 1. The van der Waals surface area contributed by atoms with E-state index in [2.05, 4.69) is 29.9 Å². The molecule has 1 atom stereocenters. The van der Waals surface area contributed by atoms with Crippen molar-refractivity contribution in [2.24, 2.45) is 0 Å². The molecule has 1 aromatic heterocycles. The van der Waals surface area contributed by atoms with Gasteiger partial charge in [-0.2, -0.15) is 0 Å². The van der Waals surface area contributed by atoms with E-state index in [1.807, 2.05) is 31.2 Å². The quantitative estimate of drug-likeness (QED) is 0.623. The lowest BCUT2D eigenvalue weighted by atomic mass is 10.2. The van der Waals surface area contributed by atoms with Gasteiger partial charge in [0, 0.05) is 25.1 Å². The van der Waals surface area contributed by atoms with Gasteiger partial charge in [-0.3, -0.25) is 9.69 Å². The summed E-state index contributed by atoms with van der Waals surface area (Å²) in [6, 6.07) is 10.0. The molecule has 1 N–H and O–H groups in total. The van der Waals surface area contributed by atoms with Gasteiger partial charge in [0.2, 0.25) is 5.91 Å². The maximum atomic E-state index is 11.6. The van der Waals surface area contributed by atoms with Crippen LogP contribution in [0.2, 0.25) is 0 Å². The average molecular weight is 356 g/mol. The molecule has 0 aliphatic carbocycles. The summed E-state index contributed by atoms with van der Waals surface area (Å²) in [5, 5.41) is 2.88. The molecule has 140 valence electrons. The van der Waals surface area contributed by atoms with E-state index in [0.29, 0.717) is 19.4 Å². The first kappa shape index (κ1) is 19.8. The molecule has 1 heterocycles. The molecule has 0 aliphatic heterocycles. The van der Waals surface area contributed by atoms with Crippen LogP contribution in [0.5, 0.6) is 5.75 Å². The Hall–Kier alpha value is -2.53. The molecule has 0 saturated carbocycles. The second-order valence-corrected chi connectivity index (χ2v) is 6.51. The summed E-state index contributed by atoms with van der Waals surface area (Å²) < 4.78 is 11.0. The lowest BCUT2D eigenvalue weighted by molar-refractivity contribution is -0.121. The van der Waals surface area contributed by atoms with Crippen molar-refractivity contribution >= 4 is 5.91 Å². The third kappa shape index (κ3) is 7.15. The third-order valence-electron chi connectivity index (χ3n) is 3.88. The highest BCUT2D eigenvalue weighted by molar-refractivity contribution is 5.75. The van der Waals surface area contributed by atoms with Crippen molar-refractivity contribution in [3.8, 4) is 5.75 Å². The first-order chi connectivity index (χ1) is 12.6. The van der Waals surface area contributed by atoms with Gasteiger partial charge in [0.15, 0.2) is 0 Å². The first-order valence-electron chi connectivity index (χ1n) is 8.89. The van der Waals surface area contributed by atoms with Crippen LogP contribution < -0.4 is 10.1 Å². The minimum atomic E-state index is -0.0957. The van der Waals surface area contributed by atoms with Crippen LogP contribution in [0.25, 0.3) is 0 Å². The monoisotopic (exact) mass is 356 g/mol. The Labute approximate surface area is 155 Å². The summed E-state index contributed by atoms with van der Waals surface area (Å²) in [6.45, 7) is 7.70. The molecule has 0 spiro atoms. The number of furan rings is 1. The largest absolute Gasteiger partial charge is 0.489 e. The summed E-state index contributed by atoms with van der Waals surface area (Å²) in [7, 11) is 2.07. The summed E-state index contributed by atoms with van der Waals surface area (Å²) in [6.07, 6.45) is 6.26. The first-order valence-corrected chi connectivity index (χ1v) is 8.89. The van der Waals surface area contributed by atoms with E-state index in [1.165, 1.54) is 5.56 Å². The fourth-order valence-corrected chi connectivity index (χ4v) is 2.63. The fourth-order valence-electron chi connectivity index (χ4n) is 2.63. The molecule has 0 fully saturated rings. The lowest BCUT2D eigenvalue weighted by Gasteiger charge is -2.18. The molecule has 5 heteroatoms. The number of nitrogens with one attached hydrogen (secondary N) is 1. The van der Waals surface area contributed by atoms with Crippen molar-refractivity contribution in [3.05, 3.63) is 66.6 Å². The minimum Gasteiger partial charge on any atom is -0.489 e. The van der Waals surface area contributed by atoms with Crippen LogP contribution >= 0.6 is 0 Å². The molecular formula is C21H28N2O3. The van der Waals surface area contributed by atoms with E-state index in [0.717, 1.165) is 24.4 Å². The molecule has 0 bridgehead atoms. The van der Waals surface area contributed by atoms with Crippen molar-refractivity contribution in [2.75, 3.05) is 13.6 Å². The maximum Gasteiger partial charge on any atom is 0.220 e. The molecule has 5 nitrogen and oxygen atoms in total. The number of allylic oxidation sites excluding steroid dienone is 1. The Morgan fingerprint density at radius 1 is 1.35 bits per heavy atom. The lowest BCUT2D eigenvalue weighted by Crippen LogP contribution is -2.33. The van der Waals surface area contributed by atoms with Crippen molar-refractivity contribution in [3.63, 3.8) is 0 Å². The summed E-state index contributed by atoms with van der Waals surface area (Å²) in [5.74, 6) is 0.835. The minimum absolute atomic E-state index is 0.0231. The highest BCUT2D eigenvalue weighted by Crippen LogP contribution is 2.17. The van der Waals surface area contributed by atoms with E-state index in [1.54, 1.807) is 18.6 Å². The Balaban J connectivity index is 1.80. The molecule has 1 aromatic carbocycles. The van der Waals surface area contributed by atoms with Crippen LogP contribution in [0, 0.1) is 0 Å². The van der Waals surface area contributed by atoms with E-state index < -0.39 is 0 Å². The molecular weight excluding hydrogens is 328 g/mol. The Morgan fingerprint density at radius 3 is 2.88 bits per heavy atom. The third-order valence-corrected chi connectivity index (χ3v) is 3.88. The molecule has 2 aromatic rings. The predicted molar refractivity (Wildman–Crippen MR) is 103 cm³/mol. The van der Waals surface area contributed by atoms with Gasteiger partial charge in [0.05, 0.1) is 19.1 Å². The van der Waals surface area contributed by atoms with Crippen molar-refractivity contribution < 1.29 is 13.9 Å². The summed E-state index contributed by atoms with van der Waals surface area (Å²) in [5.41, 5.74) is 2.33. The van der Waals surface area contributed by atoms with Crippen LogP contribution in [0.4, 0.5) is 0 Å². The van der Waals surface area contributed by atoms with Crippen LogP contribution in [0.1, 0.15) is 30.9 Å². The Bertz CT molecular complexity index is 682. The molecule has 0 radical (unpaired) electrons. The number of rotatable bonds is 11. The standard InChI is InChI=1S/C21H28N2O3/c1-4-5-9-21(24)22-13-17(2)26-20-8-6-7-18(12-20)14-23(3)15-19-10-11-25-16-19/h4,6-8,10-12,16-17H,1,5,9,13-15H2,2-3H3,(H,22,24)/t17-/m0/s1. The van der Waals surface area contributed by atoms with Gasteiger partial charge < -0.3 is 14.5 Å². The van der Waals surface area contributed by atoms with Gasteiger partial charge in [-0.1, -0.05) is 18.2 Å². The van der Waals surface area contributed by atoms with Gasteiger partial charge in [0.1, 0.15) is 11.9 Å². The number of amides is 1. The second-order valence-electron chi connectivity index (χ2n) is 6.51. The van der Waals surface area contributed by atoms with Gasteiger partial charge in [-0.25, -0.2) is 0 Å². The second kappa shape index (κ2) is 10.5. The van der Waals surface area contributed by atoms with Crippen LogP contribution in [-0.2, 0) is 17.9 Å². The van der Waals surface area contributed by atoms with Crippen LogP contribution in [-0.4, -0.2) is 30.5 Å². The van der Waals surface area contributed by atoms with Crippen molar-refractivity contribution in [1.29, 1.82) is 0 Å². The normalized spacial score (nSPS) is 12.0. The highest BCUT2D eigenvalue weighted by Gasteiger charge is 2.08. The van der Waals surface area contributed by atoms with Crippen LogP contribution in [0.3, 0.4) is 0 Å². The number of nitrogens with zero attached hydrogens (tertiary/aromatic N) is 1. The Morgan fingerprint density at radius 2 is 2.15 bits per heavy atom. The SMILES string of the molecule is C=CCCC(=O)NC[C@H](C)Oc1cccc(CN(C)Cc2ccoc2)c1. The number of hydrogen-bond donors (Lipinski definition) is 1. The topological polar surface area (TPSA) is 54.7 Å². The van der Waals surface area contributed by atoms with Crippen molar-refractivity contribution in [1.82, 2.24) is 10.2 Å². The van der Waals surface area contributed by atoms with E-state index in [9.17, 15) is 4.79 Å². The number of ether oxygens (including phenoxy) is 1. The van der Waals surface area contributed by atoms with Crippen LogP contribution in [0.15, 0.2) is 59.9 Å². The van der Waals surface area contributed by atoms with Gasteiger partial charge >= 0.3 is 0 Å². The smallest absolute Gasteiger partial charge is 0.220 e.